The summed E-state index contributed by atoms with van der Waals surface area (Å²) in [7, 11) is 2.27. The zero-order valence-electron chi connectivity index (χ0n) is 13.6. The first-order valence-corrected chi connectivity index (χ1v) is 8.47. The molecule has 0 saturated carbocycles. The van der Waals surface area contributed by atoms with Crippen molar-refractivity contribution in [3.8, 4) is 0 Å². The maximum absolute atomic E-state index is 2.73. The first kappa shape index (κ1) is 15.3. The van der Waals surface area contributed by atoms with Crippen LogP contribution >= 0.6 is 0 Å². The Morgan fingerprint density at radius 2 is 1.74 bits per heavy atom. The average Bonchev–Trinajstić information content (AvgIpc) is 2.38. The minimum atomic E-state index is 0.885. The van der Waals surface area contributed by atoms with Crippen LogP contribution in [0.5, 0.6) is 0 Å². The Labute approximate surface area is 120 Å². The van der Waals surface area contributed by atoms with E-state index in [-0.39, 0.29) is 0 Å². The summed E-state index contributed by atoms with van der Waals surface area (Å²) in [6.45, 7) is 13.9. The van der Waals surface area contributed by atoms with Crippen molar-refractivity contribution in [3.63, 3.8) is 0 Å². The highest BCUT2D eigenvalue weighted by atomic mass is 15.1. The van der Waals surface area contributed by atoms with Gasteiger partial charge in [0.2, 0.25) is 0 Å². The molecule has 2 aliphatic rings. The lowest BCUT2D eigenvalue weighted by Gasteiger charge is -2.38. The molecule has 2 rings (SSSR count). The van der Waals surface area contributed by atoms with Crippen LogP contribution in [0.4, 0.5) is 0 Å². The third-order valence-corrected chi connectivity index (χ3v) is 5.68. The summed E-state index contributed by atoms with van der Waals surface area (Å²) in [4.78, 5) is 5.22. The fourth-order valence-corrected chi connectivity index (χ4v) is 4.02. The van der Waals surface area contributed by atoms with Crippen LogP contribution in [0.1, 0.15) is 46.5 Å². The minimum Gasteiger partial charge on any atom is -0.306 e. The first-order chi connectivity index (χ1) is 9.06. The van der Waals surface area contributed by atoms with Gasteiger partial charge >= 0.3 is 0 Å². The molecule has 0 amide bonds. The summed E-state index contributed by atoms with van der Waals surface area (Å²) < 4.78 is 0. The molecular formula is C17H34N2. The molecule has 0 radical (unpaired) electrons. The van der Waals surface area contributed by atoms with Crippen LogP contribution in [-0.2, 0) is 0 Å². The van der Waals surface area contributed by atoms with Crippen LogP contribution in [0.25, 0.3) is 0 Å². The van der Waals surface area contributed by atoms with Crippen molar-refractivity contribution in [3.05, 3.63) is 0 Å². The first-order valence-electron chi connectivity index (χ1n) is 8.47. The van der Waals surface area contributed by atoms with Gasteiger partial charge in [0.05, 0.1) is 0 Å². The highest BCUT2D eigenvalue weighted by Gasteiger charge is 2.26. The van der Waals surface area contributed by atoms with Crippen molar-refractivity contribution in [2.45, 2.75) is 46.5 Å². The molecule has 19 heavy (non-hydrogen) atoms. The lowest BCUT2D eigenvalue weighted by molar-refractivity contribution is 0.114. The second-order valence-corrected chi connectivity index (χ2v) is 7.50. The van der Waals surface area contributed by atoms with E-state index in [1.54, 1.807) is 0 Å². The standard InChI is InChI=1S/C17H34N2/c1-14(2)16-6-10-19(11-7-16)12-8-17-5-9-18(4)13-15(17)3/h14-17H,5-13H2,1-4H3/t15-,17?/m1/s1. The van der Waals surface area contributed by atoms with Gasteiger partial charge < -0.3 is 9.80 Å². The van der Waals surface area contributed by atoms with Crippen LogP contribution in [0.2, 0.25) is 0 Å². The predicted molar refractivity (Wildman–Crippen MR) is 83.4 cm³/mol. The Balaban J connectivity index is 1.66. The number of likely N-dealkylation sites (tertiary alicyclic amines) is 2. The van der Waals surface area contributed by atoms with Crippen molar-refractivity contribution < 1.29 is 0 Å². The highest BCUT2D eigenvalue weighted by Crippen LogP contribution is 2.28. The maximum atomic E-state index is 2.73. The zero-order chi connectivity index (χ0) is 13.8. The summed E-state index contributed by atoms with van der Waals surface area (Å²) in [6, 6.07) is 0. The van der Waals surface area contributed by atoms with E-state index in [2.05, 4.69) is 37.6 Å². The van der Waals surface area contributed by atoms with Gasteiger partial charge in [0.25, 0.3) is 0 Å². The Hall–Kier alpha value is -0.0800. The molecule has 0 spiro atoms. The van der Waals surface area contributed by atoms with Gasteiger partial charge in [-0.1, -0.05) is 20.8 Å². The molecule has 0 bridgehead atoms. The molecule has 0 aromatic heterocycles. The highest BCUT2D eigenvalue weighted by molar-refractivity contribution is 4.79. The molecule has 2 saturated heterocycles. The molecule has 2 heterocycles. The van der Waals surface area contributed by atoms with Crippen molar-refractivity contribution in [2.75, 3.05) is 39.8 Å². The molecular weight excluding hydrogens is 232 g/mol. The van der Waals surface area contributed by atoms with Gasteiger partial charge in [-0.05, 0) is 82.6 Å². The third-order valence-electron chi connectivity index (χ3n) is 5.68. The Kier molecular flexibility index (Phi) is 5.70. The zero-order valence-corrected chi connectivity index (χ0v) is 13.6. The van der Waals surface area contributed by atoms with Crippen LogP contribution in [0.3, 0.4) is 0 Å². The van der Waals surface area contributed by atoms with E-state index in [9.17, 15) is 0 Å². The largest absolute Gasteiger partial charge is 0.306 e. The fourth-order valence-electron chi connectivity index (χ4n) is 4.02. The molecule has 2 atom stereocenters. The number of nitrogens with zero attached hydrogens (tertiary/aromatic N) is 2. The maximum Gasteiger partial charge on any atom is 0.000663 e. The second kappa shape index (κ2) is 7.08. The van der Waals surface area contributed by atoms with Crippen LogP contribution in [0, 0.1) is 23.7 Å². The molecule has 0 N–H and O–H groups in total. The molecule has 0 aromatic rings. The van der Waals surface area contributed by atoms with Crippen LogP contribution in [-0.4, -0.2) is 49.6 Å². The second-order valence-electron chi connectivity index (χ2n) is 7.50. The number of rotatable bonds is 4. The van der Waals surface area contributed by atoms with E-state index in [0.29, 0.717) is 0 Å². The van der Waals surface area contributed by atoms with Crippen molar-refractivity contribution in [2.24, 2.45) is 23.7 Å². The topological polar surface area (TPSA) is 6.48 Å². The van der Waals surface area contributed by atoms with Gasteiger partial charge in [0.1, 0.15) is 0 Å². The van der Waals surface area contributed by atoms with E-state index in [1.165, 1.54) is 58.4 Å². The SMILES string of the molecule is CC(C)C1CCN(CCC2CCN(C)C[C@H]2C)CC1. The third kappa shape index (κ3) is 4.46. The van der Waals surface area contributed by atoms with Crippen LogP contribution in [0.15, 0.2) is 0 Å². The number of hydrogen-bond donors (Lipinski definition) is 0. The number of piperidine rings is 2. The molecule has 2 nitrogen and oxygen atoms in total. The quantitative estimate of drug-likeness (QED) is 0.770. The van der Waals surface area contributed by atoms with E-state index in [0.717, 1.165) is 23.7 Å². The molecule has 1 unspecified atom stereocenters. The summed E-state index contributed by atoms with van der Waals surface area (Å²) in [6.07, 6.45) is 5.71. The van der Waals surface area contributed by atoms with Crippen LogP contribution < -0.4 is 0 Å². The van der Waals surface area contributed by atoms with Gasteiger partial charge in [0, 0.05) is 6.54 Å². The van der Waals surface area contributed by atoms with E-state index < -0.39 is 0 Å². The van der Waals surface area contributed by atoms with Crippen molar-refractivity contribution in [1.29, 1.82) is 0 Å². The summed E-state index contributed by atoms with van der Waals surface area (Å²) in [5.41, 5.74) is 0. The summed E-state index contributed by atoms with van der Waals surface area (Å²) >= 11 is 0. The Morgan fingerprint density at radius 1 is 1.05 bits per heavy atom. The molecule has 0 aliphatic carbocycles. The van der Waals surface area contributed by atoms with E-state index in [4.69, 9.17) is 0 Å². The lowest BCUT2D eigenvalue weighted by Crippen LogP contribution is -2.40. The monoisotopic (exact) mass is 266 g/mol. The van der Waals surface area contributed by atoms with Gasteiger partial charge in [0.15, 0.2) is 0 Å². The number of hydrogen-bond acceptors (Lipinski definition) is 2. The van der Waals surface area contributed by atoms with E-state index in [1.807, 2.05) is 0 Å². The summed E-state index contributed by atoms with van der Waals surface area (Å²) in [5.74, 6) is 3.74. The minimum absolute atomic E-state index is 0.885. The average molecular weight is 266 g/mol. The normalized spacial score (nSPS) is 32.1. The molecule has 2 heteroatoms. The van der Waals surface area contributed by atoms with Gasteiger partial charge in [-0.2, -0.15) is 0 Å². The van der Waals surface area contributed by atoms with Crippen molar-refractivity contribution in [1.82, 2.24) is 9.80 Å². The smallest absolute Gasteiger partial charge is 0.000663 e. The molecule has 112 valence electrons. The van der Waals surface area contributed by atoms with Gasteiger partial charge in [-0.25, -0.2) is 0 Å². The Morgan fingerprint density at radius 3 is 2.32 bits per heavy atom. The van der Waals surface area contributed by atoms with Gasteiger partial charge in [-0.15, -0.1) is 0 Å². The molecule has 2 aliphatic heterocycles. The predicted octanol–water partition coefficient (Wildman–Crippen LogP) is 3.33. The molecule has 0 aromatic carbocycles. The fraction of sp³-hybridized carbons (Fsp3) is 1.00. The lowest BCUT2D eigenvalue weighted by atomic mass is 9.83. The molecule has 2 fully saturated rings. The van der Waals surface area contributed by atoms with Crippen molar-refractivity contribution >= 4 is 0 Å². The summed E-state index contributed by atoms with van der Waals surface area (Å²) in [5, 5.41) is 0. The van der Waals surface area contributed by atoms with Gasteiger partial charge in [-0.3, -0.25) is 0 Å². The van der Waals surface area contributed by atoms with E-state index >= 15 is 0 Å². The Bertz CT molecular complexity index is 256.